The van der Waals surface area contributed by atoms with Crippen LogP contribution >= 0.6 is 0 Å². The van der Waals surface area contributed by atoms with Gasteiger partial charge in [-0.3, -0.25) is 4.79 Å². The second-order valence-corrected chi connectivity index (χ2v) is 10.0. The summed E-state index contributed by atoms with van der Waals surface area (Å²) in [4.78, 5) is 17.5. The zero-order chi connectivity index (χ0) is 23.6. The molecule has 6 nitrogen and oxygen atoms in total. The minimum absolute atomic E-state index is 0.0342. The van der Waals surface area contributed by atoms with Gasteiger partial charge in [-0.1, -0.05) is 32.6 Å². The van der Waals surface area contributed by atoms with Gasteiger partial charge >= 0.3 is 0 Å². The lowest BCUT2D eigenvalue weighted by Crippen LogP contribution is -2.48. The molecule has 2 heterocycles. The Bertz CT molecular complexity index is 875. The van der Waals surface area contributed by atoms with Crippen molar-refractivity contribution in [1.29, 1.82) is 5.26 Å². The summed E-state index contributed by atoms with van der Waals surface area (Å²) in [5.74, 6) is -0.0804. The van der Waals surface area contributed by atoms with Crippen molar-refractivity contribution in [2.24, 2.45) is 11.7 Å². The minimum Gasteiger partial charge on any atom is -0.358 e. The smallest absolute Gasteiger partial charge is 0.240 e. The lowest BCUT2D eigenvalue weighted by atomic mass is 9.90. The molecule has 4 atom stereocenters. The number of nitriles is 1. The monoisotopic (exact) mass is 441 g/mol. The number of carbonyl (C=O) groups is 1. The molecule has 1 aromatic carbocycles. The van der Waals surface area contributed by atoms with E-state index in [1.807, 2.05) is 9.80 Å². The third kappa shape index (κ3) is 4.82. The van der Waals surface area contributed by atoms with Crippen molar-refractivity contribution in [3.8, 4) is 6.07 Å². The highest BCUT2D eigenvalue weighted by Crippen LogP contribution is 2.41. The fourth-order valence-electron chi connectivity index (χ4n) is 5.16. The van der Waals surface area contributed by atoms with Crippen molar-refractivity contribution in [1.82, 2.24) is 15.1 Å². The fourth-order valence-corrected chi connectivity index (χ4v) is 5.16. The van der Waals surface area contributed by atoms with Crippen molar-refractivity contribution in [2.45, 2.75) is 76.7 Å². The van der Waals surface area contributed by atoms with Gasteiger partial charge in [0.25, 0.3) is 0 Å². The molecule has 2 fully saturated rings. The summed E-state index contributed by atoms with van der Waals surface area (Å²) in [6, 6.07) is 7.72. The number of halogens is 1. The highest BCUT2D eigenvalue weighted by atomic mass is 19.1. The minimum atomic E-state index is -0.369. The van der Waals surface area contributed by atoms with Crippen LogP contribution in [0.25, 0.3) is 0 Å². The van der Waals surface area contributed by atoms with Crippen molar-refractivity contribution in [3.05, 3.63) is 47.9 Å². The molecule has 0 aromatic heterocycles. The molecular weight excluding hydrogens is 405 g/mol. The first kappa shape index (κ1) is 24.2. The van der Waals surface area contributed by atoms with Gasteiger partial charge in [-0.15, -0.1) is 0 Å². The molecule has 174 valence electrons. The number of benzene rings is 1. The van der Waals surface area contributed by atoms with E-state index in [0.717, 1.165) is 30.6 Å². The van der Waals surface area contributed by atoms with Crippen LogP contribution in [0, 0.1) is 23.1 Å². The molecule has 32 heavy (non-hydrogen) atoms. The number of nitrogens with two attached hydrogens (primary N) is 1. The Morgan fingerprint density at radius 1 is 1.38 bits per heavy atom. The van der Waals surface area contributed by atoms with Gasteiger partial charge in [0.05, 0.1) is 24.2 Å². The Hall–Kier alpha value is -2.43. The first-order chi connectivity index (χ1) is 15.1. The highest BCUT2D eigenvalue weighted by Gasteiger charge is 2.48. The summed E-state index contributed by atoms with van der Waals surface area (Å²) in [5.41, 5.74) is 7.70. The van der Waals surface area contributed by atoms with Gasteiger partial charge in [-0.25, -0.2) is 4.39 Å². The number of carbonyl (C=O) groups excluding carboxylic acids is 1. The number of amides is 1. The van der Waals surface area contributed by atoms with Crippen molar-refractivity contribution in [3.63, 3.8) is 0 Å². The van der Waals surface area contributed by atoms with E-state index < -0.39 is 0 Å². The van der Waals surface area contributed by atoms with Gasteiger partial charge in [-0.2, -0.15) is 5.26 Å². The zero-order valence-corrected chi connectivity index (χ0v) is 19.6. The van der Waals surface area contributed by atoms with E-state index in [0.29, 0.717) is 13.0 Å². The molecule has 2 aliphatic rings. The van der Waals surface area contributed by atoms with Crippen molar-refractivity contribution in [2.75, 3.05) is 13.1 Å². The van der Waals surface area contributed by atoms with Gasteiger partial charge in [0, 0.05) is 24.3 Å². The van der Waals surface area contributed by atoms with Crippen LogP contribution in [0.5, 0.6) is 0 Å². The molecule has 0 spiro atoms. The number of likely N-dealkylation sites (tertiary alicyclic amines) is 2. The third-order valence-electron chi connectivity index (χ3n) is 6.80. The average Bonchev–Trinajstić information content (AvgIpc) is 3.30. The number of nitrogens with one attached hydrogen (secondary N) is 1. The van der Waals surface area contributed by atoms with Crippen LogP contribution in [0.1, 0.15) is 58.6 Å². The molecule has 0 aliphatic carbocycles. The van der Waals surface area contributed by atoms with E-state index >= 15 is 0 Å². The molecule has 3 rings (SSSR count). The first-order valence-corrected chi connectivity index (χ1v) is 11.5. The van der Waals surface area contributed by atoms with Gasteiger partial charge in [0.15, 0.2) is 0 Å². The van der Waals surface area contributed by atoms with E-state index in [1.165, 1.54) is 12.1 Å². The van der Waals surface area contributed by atoms with Crippen LogP contribution in [0.15, 0.2) is 36.5 Å². The molecule has 0 bridgehead atoms. The molecule has 4 unspecified atom stereocenters. The summed E-state index contributed by atoms with van der Waals surface area (Å²) in [6.45, 7) is 13.6. The molecule has 1 aromatic rings. The Labute approximate surface area is 191 Å². The van der Waals surface area contributed by atoms with E-state index in [-0.39, 0.29) is 47.3 Å². The second kappa shape index (κ2) is 9.60. The lowest BCUT2D eigenvalue weighted by Gasteiger charge is -2.41. The lowest BCUT2D eigenvalue weighted by molar-refractivity contribution is -0.136. The Balaban J connectivity index is 1.71. The Kier molecular flexibility index (Phi) is 7.26. The highest BCUT2D eigenvalue weighted by molar-refractivity contribution is 5.86. The molecule has 3 N–H and O–H groups in total. The largest absolute Gasteiger partial charge is 0.358 e. The number of hydrogen-bond donors (Lipinski definition) is 2. The molecule has 2 saturated heterocycles. The number of rotatable bonds is 8. The van der Waals surface area contributed by atoms with Gasteiger partial charge in [0.1, 0.15) is 11.9 Å². The normalized spacial score (nSPS) is 24.6. The maximum atomic E-state index is 13.5. The maximum Gasteiger partial charge on any atom is 0.240 e. The zero-order valence-electron chi connectivity index (χ0n) is 19.6. The van der Waals surface area contributed by atoms with Gasteiger partial charge < -0.3 is 20.9 Å². The number of hydrogen-bond acceptors (Lipinski definition) is 5. The second-order valence-electron chi connectivity index (χ2n) is 10.0. The molecule has 2 aliphatic heterocycles. The predicted molar refractivity (Wildman–Crippen MR) is 124 cm³/mol. The fraction of sp³-hybridized carbons (Fsp3) is 0.600. The van der Waals surface area contributed by atoms with E-state index in [2.05, 4.69) is 45.7 Å². The Morgan fingerprint density at radius 2 is 2.03 bits per heavy atom. The summed E-state index contributed by atoms with van der Waals surface area (Å²) in [7, 11) is 0. The summed E-state index contributed by atoms with van der Waals surface area (Å²) in [5, 5.41) is 12.7. The number of nitrogens with zero attached hydrogens (tertiary/aromatic N) is 3. The maximum absolute atomic E-state index is 13.5. The van der Waals surface area contributed by atoms with Crippen LogP contribution in [-0.2, 0) is 4.79 Å². The van der Waals surface area contributed by atoms with Crippen LogP contribution in [0.3, 0.4) is 0 Å². The summed E-state index contributed by atoms with van der Waals surface area (Å²) < 4.78 is 13.5. The van der Waals surface area contributed by atoms with E-state index in [9.17, 15) is 14.4 Å². The van der Waals surface area contributed by atoms with Crippen LogP contribution < -0.4 is 11.1 Å². The van der Waals surface area contributed by atoms with Crippen molar-refractivity contribution < 1.29 is 9.18 Å². The van der Waals surface area contributed by atoms with E-state index in [4.69, 9.17) is 5.73 Å². The molecular formula is C25H36FN5O. The van der Waals surface area contributed by atoms with Gasteiger partial charge in [0.2, 0.25) is 5.91 Å². The van der Waals surface area contributed by atoms with Crippen LogP contribution in [0.2, 0.25) is 0 Å². The molecule has 0 radical (unpaired) electrons. The van der Waals surface area contributed by atoms with Crippen LogP contribution in [0.4, 0.5) is 4.39 Å². The SMILES string of the molecule is C=C(C(N)CNC1CC(C)(C)N(C(c2ccc(F)cc2)C(C)C)C1=O)N1CCCC1C#N. The van der Waals surface area contributed by atoms with E-state index in [1.54, 1.807) is 12.1 Å². The average molecular weight is 442 g/mol. The third-order valence-corrected chi connectivity index (χ3v) is 6.80. The molecule has 1 amide bonds. The van der Waals surface area contributed by atoms with Crippen LogP contribution in [-0.4, -0.2) is 52.5 Å². The topological polar surface area (TPSA) is 85.4 Å². The molecule has 0 saturated carbocycles. The standard InChI is InChI=1S/C25H36FN5O/c1-16(2)23(18-8-10-19(26)11-9-18)31-24(32)22(13-25(31,4)5)29-15-21(28)17(3)30-12-6-7-20(30)14-27/h8-11,16,20-23,29H,3,6-7,12-13,15,28H2,1-2,4-5H3. The quantitative estimate of drug-likeness (QED) is 0.646. The summed E-state index contributed by atoms with van der Waals surface area (Å²) in [6.07, 6.45) is 2.45. The molecule has 7 heteroatoms. The summed E-state index contributed by atoms with van der Waals surface area (Å²) >= 11 is 0. The van der Waals surface area contributed by atoms with Crippen molar-refractivity contribution >= 4 is 5.91 Å². The van der Waals surface area contributed by atoms with Gasteiger partial charge in [-0.05, 0) is 56.7 Å². The Morgan fingerprint density at radius 3 is 2.62 bits per heavy atom. The predicted octanol–water partition coefficient (Wildman–Crippen LogP) is 3.32. The first-order valence-electron chi connectivity index (χ1n) is 11.5.